The van der Waals surface area contributed by atoms with Crippen LogP contribution in [0.25, 0.3) is 0 Å². The molecule has 0 saturated carbocycles. The molecule has 0 aromatic rings. The molecule has 0 spiro atoms. The zero-order valence-corrected chi connectivity index (χ0v) is 10.6. The Bertz CT molecular complexity index is 232. The van der Waals surface area contributed by atoms with E-state index in [2.05, 4.69) is 42.5 Å². The molecule has 0 amide bonds. The fraction of sp³-hybridized carbons (Fsp3) is 0.692. The summed E-state index contributed by atoms with van der Waals surface area (Å²) in [7, 11) is 2.10. The Morgan fingerprint density at radius 3 is 2.75 bits per heavy atom. The quantitative estimate of drug-likeness (QED) is 0.639. The first kappa shape index (κ1) is 13.3. The number of nitrogens with zero attached hydrogens (tertiary/aromatic N) is 2. The number of rotatable bonds is 6. The number of morpholine rings is 1. The minimum atomic E-state index is 0.875. The summed E-state index contributed by atoms with van der Waals surface area (Å²) in [6.07, 6.45) is 5.31. The zero-order valence-electron chi connectivity index (χ0n) is 10.6. The van der Waals surface area contributed by atoms with Crippen molar-refractivity contribution in [2.24, 2.45) is 0 Å². The van der Waals surface area contributed by atoms with Crippen molar-refractivity contribution in [3.8, 4) is 0 Å². The Hall–Kier alpha value is -0.800. The van der Waals surface area contributed by atoms with E-state index in [1.54, 1.807) is 0 Å². The molecular formula is C13H24N2O. The van der Waals surface area contributed by atoms with E-state index in [-0.39, 0.29) is 0 Å². The van der Waals surface area contributed by atoms with Crippen LogP contribution in [0.15, 0.2) is 24.4 Å². The standard InChI is InChI=1S/C13H24N2O/c1-4-5-6-13(2)14(3)7-8-15-9-11-16-12-10-15/h5-6H,2,4,7-12H2,1,3H3/b6-5-. The number of hydrogen-bond acceptors (Lipinski definition) is 3. The Labute approximate surface area is 99.4 Å². The normalized spacial score (nSPS) is 17.9. The molecule has 1 heterocycles. The SMILES string of the molecule is C=C(/C=C\CC)N(C)CCN1CCOCC1. The summed E-state index contributed by atoms with van der Waals surface area (Å²) in [4.78, 5) is 4.65. The molecule has 1 aliphatic rings. The molecule has 1 fully saturated rings. The van der Waals surface area contributed by atoms with E-state index in [0.29, 0.717) is 0 Å². The van der Waals surface area contributed by atoms with Crippen LogP contribution in [0.3, 0.4) is 0 Å². The molecule has 1 saturated heterocycles. The van der Waals surface area contributed by atoms with Crippen LogP contribution in [0.1, 0.15) is 13.3 Å². The number of ether oxygens (including phenoxy) is 1. The fourth-order valence-electron chi connectivity index (χ4n) is 1.64. The average Bonchev–Trinajstić information content (AvgIpc) is 2.34. The molecule has 0 aliphatic carbocycles. The fourth-order valence-corrected chi connectivity index (χ4v) is 1.64. The third-order valence-electron chi connectivity index (χ3n) is 2.89. The Balaban J connectivity index is 2.20. The van der Waals surface area contributed by atoms with Crippen LogP contribution in [0, 0.1) is 0 Å². The van der Waals surface area contributed by atoms with Crippen LogP contribution in [-0.4, -0.2) is 56.2 Å². The monoisotopic (exact) mass is 224 g/mol. The minimum absolute atomic E-state index is 0.875. The van der Waals surface area contributed by atoms with Crippen LogP contribution >= 0.6 is 0 Å². The van der Waals surface area contributed by atoms with Gasteiger partial charge in [0, 0.05) is 38.9 Å². The van der Waals surface area contributed by atoms with Crippen molar-refractivity contribution in [3.05, 3.63) is 24.4 Å². The van der Waals surface area contributed by atoms with E-state index in [4.69, 9.17) is 4.74 Å². The van der Waals surface area contributed by atoms with E-state index < -0.39 is 0 Å². The van der Waals surface area contributed by atoms with Gasteiger partial charge in [0.15, 0.2) is 0 Å². The van der Waals surface area contributed by atoms with Gasteiger partial charge in [0.2, 0.25) is 0 Å². The second-order valence-corrected chi connectivity index (χ2v) is 4.18. The van der Waals surface area contributed by atoms with E-state index in [1.807, 2.05) is 0 Å². The molecule has 0 radical (unpaired) electrons. The van der Waals surface area contributed by atoms with Gasteiger partial charge in [-0.05, 0) is 12.5 Å². The smallest absolute Gasteiger partial charge is 0.0594 e. The van der Waals surface area contributed by atoms with Crippen molar-refractivity contribution in [1.29, 1.82) is 0 Å². The summed E-state index contributed by atoms with van der Waals surface area (Å²) in [5, 5.41) is 0. The van der Waals surface area contributed by atoms with E-state index in [0.717, 1.165) is 51.5 Å². The van der Waals surface area contributed by atoms with Crippen molar-refractivity contribution < 1.29 is 4.74 Å². The molecule has 92 valence electrons. The second-order valence-electron chi connectivity index (χ2n) is 4.18. The Kier molecular flexibility index (Phi) is 6.19. The molecular weight excluding hydrogens is 200 g/mol. The highest BCUT2D eigenvalue weighted by Crippen LogP contribution is 2.02. The van der Waals surface area contributed by atoms with Crippen LogP contribution in [0.4, 0.5) is 0 Å². The zero-order chi connectivity index (χ0) is 11.8. The molecule has 3 nitrogen and oxygen atoms in total. The highest BCUT2D eigenvalue weighted by Gasteiger charge is 2.10. The molecule has 0 aromatic carbocycles. The summed E-state index contributed by atoms with van der Waals surface area (Å²) in [5.74, 6) is 0. The van der Waals surface area contributed by atoms with E-state index >= 15 is 0 Å². The maximum Gasteiger partial charge on any atom is 0.0594 e. The van der Waals surface area contributed by atoms with Crippen molar-refractivity contribution in [2.75, 3.05) is 46.4 Å². The van der Waals surface area contributed by atoms with Gasteiger partial charge in [-0.25, -0.2) is 0 Å². The molecule has 0 N–H and O–H groups in total. The summed E-state index contributed by atoms with van der Waals surface area (Å²) < 4.78 is 5.32. The van der Waals surface area contributed by atoms with Crippen LogP contribution < -0.4 is 0 Å². The lowest BCUT2D eigenvalue weighted by Gasteiger charge is -2.29. The molecule has 3 heteroatoms. The van der Waals surface area contributed by atoms with Crippen molar-refractivity contribution in [2.45, 2.75) is 13.3 Å². The van der Waals surface area contributed by atoms with Crippen molar-refractivity contribution in [1.82, 2.24) is 9.80 Å². The van der Waals surface area contributed by atoms with Crippen LogP contribution in [0.5, 0.6) is 0 Å². The van der Waals surface area contributed by atoms with E-state index in [9.17, 15) is 0 Å². The lowest BCUT2D eigenvalue weighted by Crippen LogP contribution is -2.40. The Morgan fingerprint density at radius 2 is 2.12 bits per heavy atom. The predicted octanol–water partition coefficient (Wildman–Crippen LogP) is 1.73. The topological polar surface area (TPSA) is 15.7 Å². The first-order chi connectivity index (χ1) is 7.74. The first-order valence-electron chi connectivity index (χ1n) is 6.10. The van der Waals surface area contributed by atoms with Gasteiger partial charge in [0.1, 0.15) is 0 Å². The Morgan fingerprint density at radius 1 is 1.44 bits per heavy atom. The molecule has 0 atom stereocenters. The molecule has 16 heavy (non-hydrogen) atoms. The molecule has 0 unspecified atom stereocenters. The average molecular weight is 224 g/mol. The lowest BCUT2D eigenvalue weighted by atomic mass is 10.3. The third kappa shape index (κ3) is 4.81. The van der Waals surface area contributed by atoms with Crippen molar-refractivity contribution in [3.63, 3.8) is 0 Å². The van der Waals surface area contributed by atoms with Gasteiger partial charge in [0.05, 0.1) is 13.2 Å². The van der Waals surface area contributed by atoms with Gasteiger partial charge < -0.3 is 9.64 Å². The molecule has 0 bridgehead atoms. The third-order valence-corrected chi connectivity index (χ3v) is 2.89. The predicted molar refractivity (Wildman–Crippen MR) is 68.5 cm³/mol. The van der Waals surface area contributed by atoms with Gasteiger partial charge in [-0.1, -0.05) is 19.6 Å². The highest BCUT2D eigenvalue weighted by molar-refractivity contribution is 5.12. The van der Waals surface area contributed by atoms with Crippen LogP contribution in [0.2, 0.25) is 0 Å². The molecule has 0 aromatic heterocycles. The molecule has 1 aliphatic heterocycles. The summed E-state index contributed by atoms with van der Waals surface area (Å²) in [5.41, 5.74) is 1.09. The minimum Gasteiger partial charge on any atom is -0.379 e. The second kappa shape index (κ2) is 7.47. The summed E-state index contributed by atoms with van der Waals surface area (Å²) in [6, 6.07) is 0. The number of hydrogen-bond donors (Lipinski definition) is 0. The van der Waals surface area contributed by atoms with Crippen LogP contribution in [-0.2, 0) is 4.74 Å². The highest BCUT2D eigenvalue weighted by atomic mass is 16.5. The first-order valence-corrected chi connectivity index (χ1v) is 6.10. The number of allylic oxidation sites excluding steroid dienone is 2. The largest absolute Gasteiger partial charge is 0.379 e. The van der Waals surface area contributed by atoms with Gasteiger partial charge in [-0.2, -0.15) is 0 Å². The molecule has 1 rings (SSSR count). The van der Waals surface area contributed by atoms with Gasteiger partial charge in [-0.15, -0.1) is 0 Å². The lowest BCUT2D eigenvalue weighted by molar-refractivity contribution is 0.0357. The maximum absolute atomic E-state index is 5.32. The number of likely N-dealkylation sites (N-methyl/N-ethyl adjacent to an activating group) is 1. The van der Waals surface area contributed by atoms with Crippen molar-refractivity contribution >= 4 is 0 Å². The maximum atomic E-state index is 5.32. The summed E-state index contributed by atoms with van der Waals surface area (Å²) >= 11 is 0. The van der Waals surface area contributed by atoms with Gasteiger partial charge >= 0.3 is 0 Å². The summed E-state index contributed by atoms with van der Waals surface area (Å²) in [6.45, 7) is 12.2. The van der Waals surface area contributed by atoms with Gasteiger partial charge in [0.25, 0.3) is 0 Å². The van der Waals surface area contributed by atoms with Gasteiger partial charge in [-0.3, -0.25) is 4.90 Å². The van der Waals surface area contributed by atoms with E-state index in [1.165, 1.54) is 0 Å².